The molecular formula is C17H24N2O4. The Kier molecular flexibility index (Phi) is 6.87. The third-order valence-electron chi connectivity index (χ3n) is 4.02. The number of esters is 1. The van der Waals surface area contributed by atoms with Gasteiger partial charge >= 0.3 is 12.1 Å². The molecule has 1 amide bonds. The van der Waals surface area contributed by atoms with E-state index in [0.29, 0.717) is 12.3 Å². The first-order valence-corrected chi connectivity index (χ1v) is 7.95. The highest BCUT2D eigenvalue weighted by Gasteiger charge is 2.26. The highest BCUT2D eigenvalue weighted by molar-refractivity contribution is 5.81. The van der Waals surface area contributed by atoms with Crippen LogP contribution in [-0.4, -0.2) is 38.3 Å². The summed E-state index contributed by atoms with van der Waals surface area (Å²) in [5.74, 6) is -0.0324. The topological polar surface area (TPSA) is 76.7 Å². The highest BCUT2D eigenvalue weighted by Crippen LogP contribution is 2.18. The molecule has 1 aliphatic rings. The quantitative estimate of drug-likeness (QED) is 0.782. The van der Waals surface area contributed by atoms with Crippen LogP contribution < -0.4 is 10.6 Å². The molecule has 1 saturated heterocycles. The molecule has 0 spiro atoms. The standard InChI is InChI=1S/C17H24N2O4/c1-22-16(20)15(11-13-7-9-18-10-8-13)19-17(21)23-12-14-5-3-2-4-6-14/h2-6,13,15,18H,7-12H2,1H3,(H,19,21). The van der Waals surface area contributed by atoms with Gasteiger partial charge in [0, 0.05) is 0 Å². The molecule has 0 aromatic heterocycles. The maximum Gasteiger partial charge on any atom is 0.408 e. The normalized spacial score (nSPS) is 16.4. The van der Waals surface area contributed by atoms with E-state index in [9.17, 15) is 9.59 Å². The van der Waals surface area contributed by atoms with E-state index in [1.54, 1.807) is 0 Å². The molecule has 1 heterocycles. The first-order chi connectivity index (χ1) is 11.2. The van der Waals surface area contributed by atoms with Crippen molar-refractivity contribution in [2.75, 3.05) is 20.2 Å². The van der Waals surface area contributed by atoms with Crippen LogP contribution in [0.15, 0.2) is 30.3 Å². The van der Waals surface area contributed by atoms with Crippen molar-refractivity contribution < 1.29 is 19.1 Å². The number of hydrogen-bond acceptors (Lipinski definition) is 5. The molecular weight excluding hydrogens is 296 g/mol. The van der Waals surface area contributed by atoms with Crippen molar-refractivity contribution in [1.82, 2.24) is 10.6 Å². The van der Waals surface area contributed by atoms with Crippen molar-refractivity contribution in [1.29, 1.82) is 0 Å². The van der Waals surface area contributed by atoms with E-state index in [1.165, 1.54) is 7.11 Å². The van der Waals surface area contributed by atoms with Gasteiger partial charge < -0.3 is 20.1 Å². The lowest BCUT2D eigenvalue weighted by atomic mass is 9.91. The van der Waals surface area contributed by atoms with E-state index in [4.69, 9.17) is 9.47 Å². The predicted molar refractivity (Wildman–Crippen MR) is 85.8 cm³/mol. The van der Waals surface area contributed by atoms with Crippen molar-refractivity contribution in [3.8, 4) is 0 Å². The molecule has 0 aliphatic carbocycles. The molecule has 1 aliphatic heterocycles. The van der Waals surface area contributed by atoms with Crippen LogP contribution in [0.25, 0.3) is 0 Å². The summed E-state index contributed by atoms with van der Waals surface area (Å²) in [6, 6.07) is 8.75. The molecule has 0 saturated carbocycles. The summed E-state index contributed by atoms with van der Waals surface area (Å²) in [6.45, 7) is 2.06. The number of amides is 1. The maximum atomic E-state index is 11.9. The van der Waals surface area contributed by atoms with Crippen LogP contribution in [0.1, 0.15) is 24.8 Å². The number of ether oxygens (including phenoxy) is 2. The number of methoxy groups -OCH3 is 1. The van der Waals surface area contributed by atoms with Crippen LogP contribution in [-0.2, 0) is 20.9 Å². The molecule has 6 heteroatoms. The van der Waals surface area contributed by atoms with Gasteiger partial charge in [-0.1, -0.05) is 30.3 Å². The Hall–Kier alpha value is -2.08. The smallest absolute Gasteiger partial charge is 0.408 e. The van der Waals surface area contributed by atoms with Gasteiger partial charge in [-0.2, -0.15) is 0 Å². The second-order valence-corrected chi connectivity index (χ2v) is 5.71. The van der Waals surface area contributed by atoms with Crippen LogP contribution in [0.3, 0.4) is 0 Å². The van der Waals surface area contributed by atoms with Gasteiger partial charge in [-0.15, -0.1) is 0 Å². The molecule has 1 aromatic rings. The van der Waals surface area contributed by atoms with Crippen molar-refractivity contribution in [2.24, 2.45) is 5.92 Å². The van der Waals surface area contributed by atoms with E-state index in [-0.39, 0.29) is 6.61 Å². The molecule has 1 atom stereocenters. The second kappa shape index (κ2) is 9.15. The van der Waals surface area contributed by atoms with Gasteiger partial charge in [-0.05, 0) is 43.8 Å². The summed E-state index contributed by atoms with van der Waals surface area (Å²) < 4.78 is 9.96. The summed E-state index contributed by atoms with van der Waals surface area (Å²) in [4.78, 5) is 23.8. The number of alkyl carbamates (subject to hydrolysis) is 1. The van der Waals surface area contributed by atoms with Crippen molar-refractivity contribution >= 4 is 12.1 Å². The zero-order valence-electron chi connectivity index (χ0n) is 13.4. The number of carbonyl (C=O) groups excluding carboxylic acids is 2. The van der Waals surface area contributed by atoms with E-state index < -0.39 is 18.1 Å². The molecule has 6 nitrogen and oxygen atoms in total. The summed E-state index contributed by atoms with van der Waals surface area (Å²) >= 11 is 0. The molecule has 126 valence electrons. The highest BCUT2D eigenvalue weighted by atomic mass is 16.6. The second-order valence-electron chi connectivity index (χ2n) is 5.71. The third kappa shape index (κ3) is 5.90. The SMILES string of the molecule is COC(=O)C(CC1CCNCC1)NC(=O)OCc1ccccc1. The van der Waals surface area contributed by atoms with Crippen LogP contribution >= 0.6 is 0 Å². The Labute approximate surface area is 136 Å². The van der Waals surface area contributed by atoms with Gasteiger partial charge in [0.1, 0.15) is 12.6 Å². The molecule has 0 bridgehead atoms. The average Bonchev–Trinajstić information content (AvgIpc) is 2.60. The van der Waals surface area contributed by atoms with Crippen LogP contribution in [0.4, 0.5) is 4.79 Å². The number of rotatable bonds is 6. The lowest BCUT2D eigenvalue weighted by Gasteiger charge is -2.26. The van der Waals surface area contributed by atoms with E-state index >= 15 is 0 Å². The number of benzene rings is 1. The van der Waals surface area contributed by atoms with Gasteiger partial charge in [0.15, 0.2) is 0 Å². The van der Waals surface area contributed by atoms with Crippen LogP contribution in [0.2, 0.25) is 0 Å². The minimum atomic E-state index is -0.661. The summed E-state index contributed by atoms with van der Waals surface area (Å²) in [6.07, 6.45) is 1.97. The molecule has 1 aromatic carbocycles. The van der Waals surface area contributed by atoms with Crippen molar-refractivity contribution in [3.63, 3.8) is 0 Å². The molecule has 1 unspecified atom stereocenters. The van der Waals surface area contributed by atoms with Gasteiger partial charge in [0.25, 0.3) is 0 Å². The zero-order chi connectivity index (χ0) is 16.5. The van der Waals surface area contributed by atoms with E-state index in [1.807, 2.05) is 30.3 Å². The van der Waals surface area contributed by atoms with Gasteiger partial charge in [-0.3, -0.25) is 0 Å². The average molecular weight is 320 g/mol. The van der Waals surface area contributed by atoms with E-state index in [0.717, 1.165) is 31.5 Å². The van der Waals surface area contributed by atoms with Gasteiger partial charge in [-0.25, -0.2) is 9.59 Å². The number of nitrogens with one attached hydrogen (secondary N) is 2. The molecule has 2 N–H and O–H groups in total. The van der Waals surface area contributed by atoms with Crippen molar-refractivity contribution in [2.45, 2.75) is 31.9 Å². The van der Waals surface area contributed by atoms with Gasteiger partial charge in [0.2, 0.25) is 0 Å². The van der Waals surface area contributed by atoms with Crippen LogP contribution in [0, 0.1) is 5.92 Å². The summed E-state index contributed by atoms with van der Waals surface area (Å²) in [5, 5.41) is 5.91. The first kappa shape index (κ1) is 17.3. The molecule has 2 rings (SSSR count). The number of hydrogen-bond donors (Lipinski definition) is 2. The van der Waals surface area contributed by atoms with Crippen LogP contribution in [0.5, 0.6) is 0 Å². The Balaban J connectivity index is 1.83. The Morgan fingerprint density at radius 1 is 1.26 bits per heavy atom. The Morgan fingerprint density at radius 3 is 2.61 bits per heavy atom. The van der Waals surface area contributed by atoms with Crippen molar-refractivity contribution in [3.05, 3.63) is 35.9 Å². The largest absolute Gasteiger partial charge is 0.467 e. The fourth-order valence-corrected chi connectivity index (χ4v) is 2.71. The molecule has 1 fully saturated rings. The predicted octanol–water partition coefficient (Wildman–Crippen LogP) is 1.84. The number of carbonyl (C=O) groups is 2. The minimum absolute atomic E-state index is 0.175. The zero-order valence-corrected chi connectivity index (χ0v) is 13.4. The maximum absolute atomic E-state index is 11.9. The Bertz CT molecular complexity index is 501. The lowest BCUT2D eigenvalue weighted by molar-refractivity contribution is -0.143. The first-order valence-electron chi connectivity index (χ1n) is 7.95. The van der Waals surface area contributed by atoms with Gasteiger partial charge in [0.05, 0.1) is 7.11 Å². The summed E-state index contributed by atoms with van der Waals surface area (Å²) in [5.41, 5.74) is 0.899. The van der Waals surface area contributed by atoms with E-state index in [2.05, 4.69) is 10.6 Å². The molecule has 0 radical (unpaired) electrons. The minimum Gasteiger partial charge on any atom is -0.467 e. The fourth-order valence-electron chi connectivity index (χ4n) is 2.71. The molecule has 23 heavy (non-hydrogen) atoms. The monoisotopic (exact) mass is 320 g/mol. The number of piperidine rings is 1. The third-order valence-corrected chi connectivity index (χ3v) is 4.02. The summed E-state index contributed by atoms with van der Waals surface area (Å²) in [7, 11) is 1.33. The fraction of sp³-hybridized carbons (Fsp3) is 0.529. The Morgan fingerprint density at radius 2 is 1.96 bits per heavy atom. The lowest BCUT2D eigenvalue weighted by Crippen LogP contribution is -2.44.